The first-order valence-electron chi connectivity index (χ1n) is 7.36. The Kier molecular flexibility index (Phi) is 6.50. The largest absolute Gasteiger partial charge is 0.493 e. The predicted molar refractivity (Wildman–Crippen MR) is 99.7 cm³/mol. The lowest BCUT2D eigenvalue weighted by Crippen LogP contribution is -2.34. The number of carbonyl (C=O) groups excluding carboxylic acids is 1. The lowest BCUT2D eigenvalue weighted by molar-refractivity contribution is -0.137. The summed E-state index contributed by atoms with van der Waals surface area (Å²) in [5, 5.41) is 4.68. The van der Waals surface area contributed by atoms with Crippen LogP contribution in [0.15, 0.2) is 36.4 Å². The van der Waals surface area contributed by atoms with Gasteiger partial charge in [0.05, 0.1) is 30.5 Å². The molecule has 1 amide bonds. The van der Waals surface area contributed by atoms with Gasteiger partial charge in [-0.25, -0.2) is 0 Å². The first-order valence-corrected chi connectivity index (χ1v) is 8.15. The molecule has 0 heterocycles. The van der Waals surface area contributed by atoms with Crippen LogP contribution in [0.1, 0.15) is 15.9 Å². The highest BCUT2D eigenvalue weighted by molar-refractivity contribution is 7.80. The number of alkyl halides is 3. The molecule has 0 bridgehead atoms. The Bertz CT molecular complexity index is 875. The van der Waals surface area contributed by atoms with Crippen molar-refractivity contribution >= 4 is 40.5 Å². The highest BCUT2D eigenvalue weighted by Crippen LogP contribution is 2.33. The molecule has 0 unspecified atom stereocenters. The molecule has 2 aromatic carbocycles. The Morgan fingerprint density at radius 2 is 1.74 bits per heavy atom. The van der Waals surface area contributed by atoms with Gasteiger partial charge < -0.3 is 14.8 Å². The van der Waals surface area contributed by atoms with Crippen LogP contribution in [0.5, 0.6) is 11.5 Å². The third kappa shape index (κ3) is 5.24. The molecule has 144 valence electrons. The van der Waals surface area contributed by atoms with Gasteiger partial charge in [-0.15, -0.1) is 0 Å². The van der Waals surface area contributed by atoms with E-state index in [-0.39, 0.29) is 21.4 Å². The summed E-state index contributed by atoms with van der Waals surface area (Å²) in [6.07, 6.45) is -4.51. The van der Waals surface area contributed by atoms with Crippen LogP contribution in [0.4, 0.5) is 18.9 Å². The van der Waals surface area contributed by atoms with Crippen LogP contribution in [-0.4, -0.2) is 25.2 Å². The van der Waals surface area contributed by atoms with Gasteiger partial charge in [0.25, 0.3) is 5.91 Å². The molecule has 0 saturated heterocycles. The van der Waals surface area contributed by atoms with E-state index in [1.807, 2.05) is 0 Å². The zero-order chi connectivity index (χ0) is 20.2. The number of hydrogen-bond donors (Lipinski definition) is 2. The highest BCUT2D eigenvalue weighted by Gasteiger charge is 2.31. The quantitative estimate of drug-likeness (QED) is 0.716. The van der Waals surface area contributed by atoms with E-state index in [1.165, 1.54) is 26.4 Å². The minimum absolute atomic E-state index is 0.127. The Balaban J connectivity index is 2.08. The van der Waals surface area contributed by atoms with Crippen LogP contribution < -0.4 is 20.1 Å². The van der Waals surface area contributed by atoms with E-state index >= 15 is 0 Å². The van der Waals surface area contributed by atoms with Crippen molar-refractivity contribution in [2.45, 2.75) is 6.18 Å². The van der Waals surface area contributed by atoms with E-state index in [4.69, 9.17) is 33.3 Å². The molecule has 0 radical (unpaired) electrons. The first-order chi connectivity index (χ1) is 12.7. The summed E-state index contributed by atoms with van der Waals surface area (Å²) in [5.41, 5.74) is -0.518. The lowest BCUT2D eigenvalue weighted by atomic mass is 10.2. The summed E-state index contributed by atoms with van der Waals surface area (Å²) in [5.74, 6) is 0.262. The third-order valence-electron chi connectivity index (χ3n) is 3.42. The van der Waals surface area contributed by atoms with Crippen LogP contribution in [0.2, 0.25) is 5.02 Å². The SMILES string of the molecule is COc1ccc(C(=O)NC(=S)Nc2ccc(C(F)(F)F)cc2Cl)cc1OC. The average molecular weight is 419 g/mol. The van der Waals surface area contributed by atoms with Crippen LogP contribution in [0.3, 0.4) is 0 Å². The number of carbonyl (C=O) groups is 1. The maximum atomic E-state index is 12.7. The van der Waals surface area contributed by atoms with Gasteiger partial charge in [-0.2, -0.15) is 13.2 Å². The van der Waals surface area contributed by atoms with E-state index in [2.05, 4.69) is 10.6 Å². The Morgan fingerprint density at radius 1 is 1.07 bits per heavy atom. The number of amides is 1. The highest BCUT2D eigenvalue weighted by atomic mass is 35.5. The van der Waals surface area contributed by atoms with E-state index in [0.717, 1.165) is 18.2 Å². The zero-order valence-corrected chi connectivity index (χ0v) is 15.7. The van der Waals surface area contributed by atoms with Crippen LogP contribution in [0.25, 0.3) is 0 Å². The molecule has 0 saturated carbocycles. The fourth-order valence-electron chi connectivity index (χ4n) is 2.10. The smallest absolute Gasteiger partial charge is 0.416 e. The number of hydrogen-bond acceptors (Lipinski definition) is 4. The summed E-state index contributed by atoms with van der Waals surface area (Å²) in [6.45, 7) is 0. The maximum Gasteiger partial charge on any atom is 0.416 e. The molecule has 0 atom stereocenters. The fraction of sp³-hybridized carbons (Fsp3) is 0.176. The maximum absolute atomic E-state index is 12.7. The number of rotatable bonds is 4. The Hall–Kier alpha value is -2.52. The summed E-state index contributed by atoms with van der Waals surface area (Å²) >= 11 is 10.8. The fourth-order valence-corrected chi connectivity index (χ4v) is 2.53. The van der Waals surface area contributed by atoms with Crippen LogP contribution in [0, 0.1) is 0 Å². The molecule has 0 aliphatic rings. The summed E-state index contributed by atoms with van der Waals surface area (Å²) in [7, 11) is 2.89. The van der Waals surface area contributed by atoms with Crippen LogP contribution >= 0.6 is 23.8 Å². The van der Waals surface area contributed by atoms with E-state index in [0.29, 0.717) is 11.5 Å². The van der Waals surface area contributed by atoms with Gasteiger partial charge in [-0.1, -0.05) is 11.6 Å². The number of nitrogens with one attached hydrogen (secondary N) is 2. The van der Waals surface area contributed by atoms with Gasteiger partial charge in [-0.3, -0.25) is 10.1 Å². The lowest BCUT2D eigenvalue weighted by Gasteiger charge is -2.13. The van der Waals surface area contributed by atoms with E-state index in [9.17, 15) is 18.0 Å². The van der Waals surface area contributed by atoms with Crippen molar-refractivity contribution in [1.29, 1.82) is 0 Å². The average Bonchev–Trinajstić information content (AvgIpc) is 2.61. The molecule has 0 fully saturated rings. The molecular formula is C17H14ClF3N2O3S. The molecule has 0 spiro atoms. The van der Waals surface area contributed by atoms with Gasteiger partial charge in [0.15, 0.2) is 16.6 Å². The molecule has 0 aliphatic heterocycles. The van der Waals surface area contributed by atoms with Crippen molar-refractivity contribution in [1.82, 2.24) is 5.32 Å². The third-order valence-corrected chi connectivity index (χ3v) is 3.93. The van der Waals surface area contributed by atoms with Crippen molar-refractivity contribution in [2.75, 3.05) is 19.5 Å². The summed E-state index contributed by atoms with van der Waals surface area (Å²) < 4.78 is 48.2. The molecule has 5 nitrogen and oxygen atoms in total. The molecular weight excluding hydrogens is 405 g/mol. The second-order valence-corrected chi connectivity index (χ2v) is 5.99. The molecule has 0 aromatic heterocycles. The normalized spacial score (nSPS) is 10.9. The standard InChI is InChI=1S/C17H14ClF3N2O3S/c1-25-13-6-3-9(7-14(13)26-2)15(24)23-16(27)22-12-5-4-10(8-11(12)18)17(19,20)21/h3-8H,1-2H3,(H2,22,23,24,27). The van der Waals surface area contributed by atoms with Gasteiger partial charge in [0.2, 0.25) is 0 Å². The number of thiocarbonyl (C=S) groups is 1. The number of methoxy groups -OCH3 is 2. The monoisotopic (exact) mass is 418 g/mol. The van der Waals surface area contributed by atoms with Crippen molar-refractivity contribution in [3.63, 3.8) is 0 Å². The van der Waals surface area contributed by atoms with Crippen molar-refractivity contribution < 1.29 is 27.4 Å². The van der Waals surface area contributed by atoms with Crippen molar-refractivity contribution in [3.8, 4) is 11.5 Å². The molecule has 10 heteroatoms. The van der Waals surface area contributed by atoms with E-state index in [1.54, 1.807) is 6.07 Å². The molecule has 2 aromatic rings. The van der Waals surface area contributed by atoms with Gasteiger partial charge in [0, 0.05) is 5.56 Å². The van der Waals surface area contributed by atoms with Gasteiger partial charge >= 0.3 is 6.18 Å². The first kappa shape index (κ1) is 20.8. The zero-order valence-electron chi connectivity index (χ0n) is 14.1. The second-order valence-electron chi connectivity index (χ2n) is 5.17. The number of ether oxygens (including phenoxy) is 2. The van der Waals surface area contributed by atoms with Crippen LogP contribution in [-0.2, 0) is 6.18 Å². The summed E-state index contributed by atoms with van der Waals surface area (Å²) in [6, 6.07) is 7.26. The number of benzene rings is 2. The molecule has 2 rings (SSSR count). The van der Waals surface area contributed by atoms with E-state index < -0.39 is 17.6 Å². The second kappa shape index (κ2) is 8.45. The molecule has 0 aliphatic carbocycles. The molecule has 27 heavy (non-hydrogen) atoms. The minimum atomic E-state index is -4.51. The predicted octanol–water partition coefficient (Wildman–Crippen LogP) is 4.50. The minimum Gasteiger partial charge on any atom is -0.493 e. The van der Waals surface area contributed by atoms with Gasteiger partial charge in [0.1, 0.15) is 0 Å². The molecule has 2 N–H and O–H groups in total. The van der Waals surface area contributed by atoms with Gasteiger partial charge in [-0.05, 0) is 48.6 Å². The Morgan fingerprint density at radius 3 is 2.30 bits per heavy atom. The number of anilines is 1. The van der Waals surface area contributed by atoms with Crippen molar-refractivity contribution in [3.05, 3.63) is 52.5 Å². The number of halogens is 4. The Labute approximate surface area is 163 Å². The van der Waals surface area contributed by atoms with Crippen molar-refractivity contribution in [2.24, 2.45) is 0 Å². The topological polar surface area (TPSA) is 59.6 Å². The summed E-state index contributed by atoms with van der Waals surface area (Å²) in [4.78, 5) is 12.3.